The minimum atomic E-state index is 0.412. The van der Waals surface area contributed by atoms with E-state index in [1.54, 1.807) is 20.3 Å². The Kier molecular flexibility index (Phi) is 4.11. The van der Waals surface area contributed by atoms with E-state index in [0.717, 1.165) is 15.6 Å². The lowest BCUT2D eigenvalue weighted by molar-refractivity contribution is 0.394. The molecule has 1 aromatic heterocycles. The number of hydrogen-bond donors (Lipinski definition) is 0. The van der Waals surface area contributed by atoms with Crippen LogP contribution < -0.4 is 9.47 Å². The predicted molar refractivity (Wildman–Crippen MR) is 86.0 cm³/mol. The van der Waals surface area contributed by atoms with Gasteiger partial charge in [0.2, 0.25) is 11.8 Å². The van der Waals surface area contributed by atoms with Crippen molar-refractivity contribution in [3.63, 3.8) is 0 Å². The van der Waals surface area contributed by atoms with E-state index in [4.69, 9.17) is 13.9 Å². The normalized spacial score (nSPS) is 10.5. The average Bonchev–Trinajstić information content (AvgIpc) is 3.05. The van der Waals surface area contributed by atoms with Crippen LogP contribution in [0.1, 0.15) is 0 Å². The first-order chi connectivity index (χ1) is 10.7. The van der Waals surface area contributed by atoms with Gasteiger partial charge in [-0.2, -0.15) is 0 Å². The Hall–Kier alpha value is -2.34. The summed E-state index contributed by atoms with van der Waals surface area (Å²) in [5.41, 5.74) is 1.60. The maximum atomic E-state index is 5.75. The number of halogens is 1. The second-order valence-electron chi connectivity index (χ2n) is 4.52. The van der Waals surface area contributed by atoms with E-state index >= 15 is 0 Å². The summed E-state index contributed by atoms with van der Waals surface area (Å²) in [6.07, 6.45) is 0. The summed E-state index contributed by atoms with van der Waals surface area (Å²) in [6, 6.07) is 13.1. The molecule has 0 fully saturated rings. The molecular weight excluding hydrogens is 348 g/mol. The highest BCUT2D eigenvalue weighted by atomic mass is 79.9. The molecule has 0 aliphatic carbocycles. The first kappa shape index (κ1) is 14.6. The molecule has 0 aliphatic rings. The number of aromatic nitrogens is 2. The van der Waals surface area contributed by atoms with Crippen molar-refractivity contribution >= 4 is 15.9 Å². The zero-order valence-electron chi connectivity index (χ0n) is 12.0. The summed E-state index contributed by atoms with van der Waals surface area (Å²) in [5, 5.41) is 8.19. The fourth-order valence-electron chi connectivity index (χ4n) is 1.98. The minimum absolute atomic E-state index is 0.412. The van der Waals surface area contributed by atoms with Crippen molar-refractivity contribution in [1.82, 2.24) is 10.2 Å². The van der Waals surface area contributed by atoms with E-state index < -0.39 is 0 Å². The first-order valence-electron chi connectivity index (χ1n) is 6.52. The number of ether oxygens (including phenoxy) is 2. The highest BCUT2D eigenvalue weighted by molar-refractivity contribution is 9.10. The van der Waals surface area contributed by atoms with Gasteiger partial charge in [-0.05, 0) is 36.4 Å². The Balaban J connectivity index is 1.98. The van der Waals surface area contributed by atoms with Gasteiger partial charge in [0.25, 0.3) is 0 Å². The van der Waals surface area contributed by atoms with Crippen molar-refractivity contribution in [2.24, 2.45) is 0 Å². The summed E-state index contributed by atoms with van der Waals surface area (Å²) >= 11 is 3.40. The number of nitrogens with zero attached hydrogens (tertiary/aromatic N) is 2. The van der Waals surface area contributed by atoms with Crippen LogP contribution >= 0.6 is 15.9 Å². The van der Waals surface area contributed by atoms with E-state index in [2.05, 4.69) is 26.1 Å². The summed E-state index contributed by atoms with van der Waals surface area (Å²) in [7, 11) is 3.19. The highest BCUT2D eigenvalue weighted by Gasteiger charge is 2.12. The molecule has 0 unspecified atom stereocenters. The number of methoxy groups -OCH3 is 2. The lowest BCUT2D eigenvalue weighted by Crippen LogP contribution is -1.88. The maximum Gasteiger partial charge on any atom is 0.248 e. The lowest BCUT2D eigenvalue weighted by Gasteiger charge is -2.05. The molecule has 3 aromatic rings. The third-order valence-corrected chi connectivity index (χ3v) is 3.64. The average molecular weight is 361 g/mol. The van der Waals surface area contributed by atoms with Crippen molar-refractivity contribution in [3.05, 3.63) is 46.9 Å². The van der Waals surface area contributed by atoms with Crippen LogP contribution in [-0.4, -0.2) is 24.4 Å². The second kappa shape index (κ2) is 6.19. The molecule has 1 heterocycles. The quantitative estimate of drug-likeness (QED) is 0.698. The maximum absolute atomic E-state index is 5.75. The molecule has 112 valence electrons. The second-order valence-corrected chi connectivity index (χ2v) is 5.44. The van der Waals surface area contributed by atoms with Crippen LogP contribution in [0.15, 0.2) is 51.4 Å². The first-order valence-corrected chi connectivity index (χ1v) is 7.32. The van der Waals surface area contributed by atoms with Gasteiger partial charge in [-0.25, -0.2) is 0 Å². The van der Waals surface area contributed by atoms with Gasteiger partial charge in [-0.3, -0.25) is 0 Å². The molecule has 0 atom stereocenters. The number of rotatable bonds is 4. The van der Waals surface area contributed by atoms with Crippen LogP contribution in [-0.2, 0) is 0 Å². The van der Waals surface area contributed by atoms with Gasteiger partial charge in [0.1, 0.15) is 11.5 Å². The third kappa shape index (κ3) is 2.96. The van der Waals surface area contributed by atoms with Crippen LogP contribution in [0.2, 0.25) is 0 Å². The van der Waals surface area contributed by atoms with Gasteiger partial charge >= 0.3 is 0 Å². The smallest absolute Gasteiger partial charge is 0.248 e. The highest BCUT2D eigenvalue weighted by Crippen LogP contribution is 2.30. The largest absolute Gasteiger partial charge is 0.497 e. The summed E-state index contributed by atoms with van der Waals surface area (Å²) < 4.78 is 17.2. The van der Waals surface area contributed by atoms with Crippen molar-refractivity contribution in [3.8, 4) is 34.4 Å². The molecule has 2 aromatic carbocycles. The van der Waals surface area contributed by atoms with Crippen LogP contribution in [0.25, 0.3) is 22.9 Å². The van der Waals surface area contributed by atoms with E-state index in [9.17, 15) is 0 Å². The summed E-state index contributed by atoms with van der Waals surface area (Å²) in [4.78, 5) is 0. The summed E-state index contributed by atoms with van der Waals surface area (Å²) in [6.45, 7) is 0. The zero-order valence-corrected chi connectivity index (χ0v) is 13.6. The van der Waals surface area contributed by atoms with Crippen LogP contribution in [0.4, 0.5) is 0 Å². The number of hydrogen-bond acceptors (Lipinski definition) is 5. The fourth-order valence-corrected chi connectivity index (χ4v) is 2.24. The topological polar surface area (TPSA) is 57.4 Å². The molecule has 0 aliphatic heterocycles. The van der Waals surface area contributed by atoms with Gasteiger partial charge < -0.3 is 13.9 Å². The molecule has 0 bridgehead atoms. The lowest BCUT2D eigenvalue weighted by atomic mass is 10.2. The third-order valence-electron chi connectivity index (χ3n) is 3.11. The van der Waals surface area contributed by atoms with Crippen LogP contribution in [0.3, 0.4) is 0 Å². The van der Waals surface area contributed by atoms with Crippen molar-refractivity contribution < 1.29 is 13.9 Å². The molecule has 0 spiro atoms. The van der Waals surface area contributed by atoms with Gasteiger partial charge in [0.05, 0.1) is 14.2 Å². The van der Waals surface area contributed by atoms with E-state index in [1.807, 2.05) is 36.4 Å². The molecular formula is C16H13BrN2O3. The molecule has 0 radical (unpaired) electrons. The molecule has 0 amide bonds. The number of benzene rings is 2. The van der Waals surface area contributed by atoms with Crippen LogP contribution in [0, 0.1) is 0 Å². The molecule has 0 saturated carbocycles. The Bertz CT molecular complexity index is 762. The Morgan fingerprint density at radius 3 is 1.91 bits per heavy atom. The molecule has 5 nitrogen and oxygen atoms in total. The van der Waals surface area contributed by atoms with Gasteiger partial charge in [0.15, 0.2) is 0 Å². The van der Waals surface area contributed by atoms with Crippen molar-refractivity contribution in [2.75, 3.05) is 14.2 Å². The van der Waals surface area contributed by atoms with Crippen LogP contribution in [0.5, 0.6) is 11.5 Å². The SMILES string of the molecule is COc1cc(OC)cc(-c2nnc(-c3ccc(Br)cc3)o2)c1. The minimum Gasteiger partial charge on any atom is -0.497 e. The fraction of sp³-hybridized carbons (Fsp3) is 0.125. The van der Waals surface area contributed by atoms with Gasteiger partial charge in [0, 0.05) is 21.7 Å². The Morgan fingerprint density at radius 2 is 1.36 bits per heavy atom. The summed E-state index contributed by atoms with van der Waals surface area (Å²) in [5.74, 6) is 2.20. The van der Waals surface area contributed by atoms with Crippen molar-refractivity contribution in [1.29, 1.82) is 0 Å². The zero-order chi connectivity index (χ0) is 15.5. The molecule has 6 heteroatoms. The van der Waals surface area contributed by atoms with Gasteiger partial charge in [-0.15, -0.1) is 10.2 Å². The van der Waals surface area contributed by atoms with Gasteiger partial charge in [-0.1, -0.05) is 15.9 Å². The van der Waals surface area contributed by atoms with E-state index in [1.165, 1.54) is 0 Å². The molecule has 0 saturated heterocycles. The van der Waals surface area contributed by atoms with Crippen molar-refractivity contribution in [2.45, 2.75) is 0 Å². The standard InChI is InChI=1S/C16H13BrN2O3/c1-20-13-7-11(8-14(9-13)21-2)16-19-18-15(22-16)10-3-5-12(17)6-4-10/h3-9H,1-2H3. The molecule has 0 N–H and O–H groups in total. The predicted octanol–water partition coefficient (Wildman–Crippen LogP) is 4.18. The Labute approximate surface area is 136 Å². The monoisotopic (exact) mass is 360 g/mol. The van der Waals surface area contributed by atoms with E-state index in [-0.39, 0.29) is 0 Å². The van der Waals surface area contributed by atoms with E-state index in [0.29, 0.717) is 23.3 Å². The molecule has 22 heavy (non-hydrogen) atoms. The Morgan fingerprint density at radius 1 is 0.818 bits per heavy atom. The molecule has 3 rings (SSSR count).